The average Bonchev–Trinajstić information content (AvgIpc) is 3.24. The predicted octanol–water partition coefficient (Wildman–Crippen LogP) is 3.31. The lowest BCUT2D eigenvalue weighted by molar-refractivity contribution is 0.222. The standard InChI is InChI=1S/C24H28N6O2S/c1-16(2)23-25-26-24-20-8-6-5-7-19(20)22(27-30(23)24)18-10-9-17(3)21(15-18)33(31,32)29-13-11-28(4)12-14-29/h5-10,15-16H,11-14H2,1-4H3. The first-order valence-corrected chi connectivity index (χ1v) is 12.6. The minimum atomic E-state index is -3.61. The van der Waals surface area contributed by atoms with E-state index in [9.17, 15) is 8.42 Å². The van der Waals surface area contributed by atoms with Crippen molar-refractivity contribution in [2.45, 2.75) is 31.6 Å². The molecule has 9 heteroatoms. The van der Waals surface area contributed by atoms with Crippen molar-refractivity contribution in [2.24, 2.45) is 0 Å². The van der Waals surface area contributed by atoms with Gasteiger partial charge in [0.05, 0.1) is 10.6 Å². The monoisotopic (exact) mass is 464 g/mol. The number of aromatic nitrogens is 4. The van der Waals surface area contributed by atoms with Gasteiger partial charge >= 0.3 is 0 Å². The van der Waals surface area contributed by atoms with Crippen LogP contribution in [0.4, 0.5) is 0 Å². The van der Waals surface area contributed by atoms with Crippen LogP contribution < -0.4 is 0 Å². The van der Waals surface area contributed by atoms with Gasteiger partial charge in [-0.05, 0) is 25.6 Å². The molecule has 0 saturated carbocycles. The Morgan fingerprint density at radius 2 is 1.64 bits per heavy atom. The summed E-state index contributed by atoms with van der Waals surface area (Å²) in [6, 6.07) is 13.5. The zero-order chi connectivity index (χ0) is 23.3. The van der Waals surface area contributed by atoms with Gasteiger partial charge in [0, 0.05) is 48.4 Å². The largest absolute Gasteiger partial charge is 0.304 e. The van der Waals surface area contributed by atoms with Gasteiger partial charge in [0.25, 0.3) is 0 Å². The molecule has 5 rings (SSSR count). The van der Waals surface area contributed by atoms with Crippen LogP contribution in [0.2, 0.25) is 0 Å². The highest BCUT2D eigenvalue weighted by molar-refractivity contribution is 7.89. The second kappa shape index (κ2) is 8.16. The van der Waals surface area contributed by atoms with Gasteiger partial charge in [-0.15, -0.1) is 10.2 Å². The highest BCUT2D eigenvalue weighted by atomic mass is 32.2. The fourth-order valence-electron chi connectivity index (χ4n) is 4.36. The summed E-state index contributed by atoms with van der Waals surface area (Å²) in [5, 5.41) is 15.5. The smallest absolute Gasteiger partial charge is 0.243 e. The molecule has 0 unspecified atom stereocenters. The van der Waals surface area contributed by atoms with Crippen LogP contribution in [-0.2, 0) is 10.0 Å². The van der Waals surface area contributed by atoms with Gasteiger partial charge < -0.3 is 4.90 Å². The summed E-state index contributed by atoms with van der Waals surface area (Å²) in [4.78, 5) is 2.48. The van der Waals surface area contributed by atoms with Crippen LogP contribution in [0.15, 0.2) is 47.4 Å². The van der Waals surface area contributed by atoms with Crippen LogP contribution >= 0.6 is 0 Å². The Kier molecular flexibility index (Phi) is 5.43. The van der Waals surface area contributed by atoms with Gasteiger partial charge in [0.15, 0.2) is 11.5 Å². The summed E-state index contributed by atoms with van der Waals surface area (Å²) in [5.41, 5.74) is 2.91. The van der Waals surface area contributed by atoms with E-state index in [2.05, 4.69) is 28.9 Å². The van der Waals surface area contributed by atoms with Crippen molar-refractivity contribution in [1.82, 2.24) is 29.0 Å². The Balaban J connectivity index is 1.70. The van der Waals surface area contributed by atoms with Crippen LogP contribution in [0, 0.1) is 6.92 Å². The molecule has 1 aliphatic heterocycles. The van der Waals surface area contributed by atoms with Gasteiger partial charge in [-0.25, -0.2) is 8.42 Å². The van der Waals surface area contributed by atoms with Gasteiger partial charge in [-0.2, -0.15) is 13.9 Å². The van der Waals surface area contributed by atoms with E-state index in [4.69, 9.17) is 5.10 Å². The van der Waals surface area contributed by atoms with E-state index in [1.165, 1.54) is 0 Å². The van der Waals surface area contributed by atoms with E-state index in [-0.39, 0.29) is 5.92 Å². The number of piperazine rings is 1. The first kappa shape index (κ1) is 21.9. The number of nitrogens with zero attached hydrogens (tertiary/aromatic N) is 6. The van der Waals surface area contributed by atoms with Crippen LogP contribution in [0.25, 0.3) is 27.7 Å². The Bertz CT molecular complexity index is 1450. The van der Waals surface area contributed by atoms with Gasteiger partial charge in [-0.3, -0.25) is 0 Å². The molecule has 0 aliphatic carbocycles. The molecule has 0 N–H and O–H groups in total. The minimum Gasteiger partial charge on any atom is -0.304 e. The maximum absolute atomic E-state index is 13.5. The van der Waals surface area contributed by atoms with Gasteiger partial charge in [-0.1, -0.05) is 50.2 Å². The van der Waals surface area contributed by atoms with E-state index < -0.39 is 10.0 Å². The van der Waals surface area contributed by atoms with Crippen molar-refractivity contribution < 1.29 is 8.42 Å². The number of rotatable bonds is 4. The summed E-state index contributed by atoms with van der Waals surface area (Å²) < 4.78 is 30.5. The summed E-state index contributed by atoms with van der Waals surface area (Å²) >= 11 is 0. The first-order valence-electron chi connectivity index (χ1n) is 11.2. The van der Waals surface area contributed by atoms with E-state index in [1.54, 1.807) is 14.9 Å². The number of benzene rings is 2. The lowest BCUT2D eigenvalue weighted by Crippen LogP contribution is -2.47. The fraction of sp³-hybridized carbons (Fsp3) is 0.375. The molecule has 0 atom stereocenters. The summed E-state index contributed by atoms with van der Waals surface area (Å²) in [6.07, 6.45) is 0. The molecule has 33 heavy (non-hydrogen) atoms. The minimum absolute atomic E-state index is 0.146. The number of fused-ring (bicyclic) bond motifs is 3. The van der Waals surface area contributed by atoms with Crippen molar-refractivity contribution in [3.8, 4) is 11.3 Å². The second-order valence-electron chi connectivity index (χ2n) is 9.03. The molecule has 2 aromatic carbocycles. The zero-order valence-electron chi connectivity index (χ0n) is 19.4. The van der Waals surface area contributed by atoms with Crippen molar-refractivity contribution >= 4 is 26.4 Å². The summed E-state index contributed by atoms with van der Waals surface area (Å²) in [7, 11) is -1.59. The Labute approximate surface area is 193 Å². The third-order valence-electron chi connectivity index (χ3n) is 6.35. The molecule has 0 spiro atoms. The van der Waals surface area contributed by atoms with Crippen molar-refractivity contribution in [3.05, 3.63) is 53.9 Å². The Morgan fingerprint density at radius 1 is 0.939 bits per heavy atom. The van der Waals surface area contributed by atoms with Crippen molar-refractivity contribution in [1.29, 1.82) is 0 Å². The molecule has 172 valence electrons. The lowest BCUT2D eigenvalue weighted by Gasteiger charge is -2.32. The third kappa shape index (κ3) is 3.70. The molecule has 1 saturated heterocycles. The zero-order valence-corrected chi connectivity index (χ0v) is 20.2. The topological polar surface area (TPSA) is 83.7 Å². The predicted molar refractivity (Wildman–Crippen MR) is 129 cm³/mol. The highest BCUT2D eigenvalue weighted by Gasteiger charge is 2.29. The molecule has 8 nitrogen and oxygen atoms in total. The number of likely N-dealkylation sites (N-methyl/N-ethyl adjacent to an activating group) is 1. The van der Waals surface area contributed by atoms with Crippen molar-refractivity contribution in [3.63, 3.8) is 0 Å². The average molecular weight is 465 g/mol. The Morgan fingerprint density at radius 3 is 2.33 bits per heavy atom. The van der Waals surface area contributed by atoms with E-state index in [0.29, 0.717) is 23.6 Å². The molecular weight excluding hydrogens is 436 g/mol. The van der Waals surface area contributed by atoms with Gasteiger partial charge in [0.2, 0.25) is 10.0 Å². The molecule has 4 aromatic rings. The van der Waals surface area contributed by atoms with E-state index >= 15 is 0 Å². The van der Waals surface area contributed by atoms with Gasteiger partial charge in [0.1, 0.15) is 0 Å². The SMILES string of the molecule is Cc1ccc(-c2nn3c(C(C)C)nnc3c3ccccc23)cc1S(=O)(=O)N1CCN(C)CC1. The summed E-state index contributed by atoms with van der Waals surface area (Å²) in [5.74, 6) is 0.919. The van der Waals surface area contributed by atoms with Crippen molar-refractivity contribution in [2.75, 3.05) is 33.2 Å². The van der Waals surface area contributed by atoms with E-state index in [0.717, 1.165) is 46.5 Å². The molecule has 0 amide bonds. The second-order valence-corrected chi connectivity index (χ2v) is 10.9. The van der Waals surface area contributed by atoms with Crippen LogP contribution in [-0.4, -0.2) is 70.7 Å². The third-order valence-corrected chi connectivity index (χ3v) is 8.39. The molecule has 1 fully saturated rings. The molecule has 2 aromatic heterocycles. The molecule has 0 bridgehead atoms. The number of aryl methyl sites for hydroxylation is 1. The number of hydrogen-bond acceptors (Lipinski definition) is 6. The number of hydrogen-bond donors (Lipinski definition) is 0. The molecule has 1 aliphatic rings. The lowest BCUT2D eigenvalue weighted by atomic mass is 10.0. The molecule has 0 radical (unpaired) electrons. The summed E-state index contributed by atoms with van der Waals surface area (Å²) in [6.45, 7) is 8.40. The fourth-order valence-corrected chi connectivity index (χ4v) is 6.04. The van der Waals surface area contributed by atoms with E-state index in [1.807, 2.05) is 50.4 Å². The van der Waals surface area contributed by atoms with Crippen LogP contribution in [0.5, 0.6) is 0 Å². The quantitative estimate of drug-likeness (QED) is 0.461. The molecule has 3 heterocycles. The normalized spacial score (nSPS) is 16.3. The Hall–Kier alpha value is -2.88. The molecular formula is C24H28N6O2S. The van der Waals surface area contributed by atoms with Crippen LogP contribution in [0.1, 0.15) is 31.2 Å². The number of sulfonamides is 1. The van der Waals surface area contributed by atoms with Crippen LogP contribution in [0.3, 0.4) is 0 Å². The highest BCUT2D eigenvalue weighted by Crippen LogP contribution is 2.32. The maximum atomic E-state index is 13.5. The first-order chi connectivity index (χ1) is 15.8. The maximum Gasteiger partial charge on any atom is 0.243 e.